The van der Waals surface area contributed by atoms with Crippen LogP contribution >= 0.6 is 0 Å². The number of carbonyl (C=O) groups excluding carboxylic acids is 1. The first kappa shape index (κ1) is 22.1. The SMILES string of the molecule is COc1ccc2ncn(-c3cc(NC(=O)c4cccc(C(F)(F)F)c4)ccc3C)c(=O)c2c1. The molecule has 0 atom stereocenters. The highest BCUT2D eigenvalue weighted by Crippen LogP contribution is 2.30. The van der Waals surface area contributed by atoms with Gasteiger partial charge in [-0.1, -0.05) is 12.1 Å². The molecule has 1 amide bonds. The number of benzene rings is 3. The van der Waals surface area contributed by atoms with Crippen molar-refractivity contribution in [1.82, 2.24) is 9.55 Å². The van der Waals surface area contributed by atoms with Gasteiger partial charge in [0, 0.05) is 11.3 Å². The molecule has 0 bridgehead atoms. The van der Waals surface area contributed by atoms with E-state index in [9.17, 15) is 22.8 Å². The van der Waals surface area contributed by atoms with Crippen molar-refractivity contribution in [2.45, 2.75) is 13.1 Å². The van der Waals surface area contributed by atoms with Crippen LogP contribution in [0.4, 0.5) is 18.9 Å². The Hall–Kier alpha value is -4.14. The molecule has 0 radical (unpaired) electrons. The maximum Gasteiger partial charge on any atom is 0.416 e. The van der Waals surface area contributed by atoms with Gasteiger partial charge in [-0.25, -0.2) is 4.98 Å². The number of rotatable bonds is 4. The van der Waals surface area contributed by atoms with Gasteiger partial charge in [0.15, 0.2) is 0 Å². The molecule has 0 aliphatic heterocycles. The standard InChI is InChI=1S/C24H18F3N3O3/c1-14-6-7-17(29-22(31)15-4-3-5-16(10-15)24(25,26)27)11-21(14)30-13-28-20-9-8-18(33-2)12-19(20)23(30)32/h3-13H,1-2H3,(H,29,31). The van der Waals surface area contributed by atoms with Crippen molar-refractivity contribution in [2.75, 3.05) is 12.4 Å². The summed E-state index contributed by atoms with van der Waals surface area (Å²) in [6, 6.07) is 14.0. The van der Waals surface area contributed by atoms with Crippen LogP contribution in [0.15, 0.2) is 71.8 Å². The molecule has 0 aliphatic carbocycles. The average molecular weight is 453 g/mol. The van der Waals surface area contributed by atoms with E-state index in [0.29, 0.717) is 28.0 Å². The number of nitrogens with one attached hydrogen (secondary N) is 1. The second kappa shape index (κ2) is 8.42. The van der Waals surface area contributed by atoms with Gasteiger partial charge in [0.05, 0.1) is 29.3 Å². The van der Waals surface area contributed by atoms with Gasteiger partial charge in [-0.15, -0.1) is 0 Å². The van der Waals surface area contributed by atoms with Gasteiger partial charge in [-0.3, -0.25) is 14.2 Å². The molecule has 4 rings (SSSR count). The van der Waals surface area contributed by atoms with Crippen molar-refractivity contribution in [2.24, 2.45) is 0 Å². The molecule has 1 N–H and O–H groups in total. The minimum absolute atomic E-state index is 0.136. The number of alkyl halides is 3. The first-order chi connectivity index (χ1) is 15.7. The smallest absolute Gasteiger partial charge is 0.416 e. The number of aryl methyl sites for hydroxylation is 1. The molecule has 1 aromatic heterocycles. The second-order valence-corrected chi connectivity index (χ2v) is 7.34. The third kappa shape index (κ3) is 4.43. The van der Waals surface area contributed by atoms with Crippen LogP contribution < -0.4 is 15.6 Å². The molecule has 3 aromatic carbocycles. The van der Waals surface area contributed by atoms with Gasteiger partial charge < -0.3 is 10.1 Å². The summed E-state index contributed by atoms with van der Waals surface area (Å²) >= 11 is 0. The quantitative estimate of drug-likeness (QED) is 0.473. The van der Waals surface area contributed by atoms with Crippen LogP contribution in [0.25, 0.3) is 16.6 Å². The van der Waals surface area contributed by atoms with Crippen LogP contribution in [0.3, 0.4) is 0 Å². The van der Waals surface area contributed by atoms with Crippen molar-refractivity contribution >= 4 is 22.5 Å². The van der Waals surface area contributed by atoms with Crippen LogP contribution in [0, 0.1) is 6.92 Å². The van der Waals surface area contributed by atoms with Crippen molar-refractivity contribution < 1.29 is 22.7 Å². The second-order valence-electron chi connectivity index (χ2n) is 7.34. The zero-order chi connectivity index (χ0) is 23.8. The molecule has 168 valence electrons. The third-order valence-corrected chi connectivity index (χ3v) is 5.14. The molecule has 0 saturated heterocycles. The van der Waals surface area contributed by atoms with Crippen molar-refractivity contribution in [3.05, 3.63) is 94.0 Å². The van der Waals surface area contributed by atoms with E-state index in [4.69, 9.17) is 4.74 Å². The number of aromatic nitrogens is 2. The number of anilines is 1. The number of halogens is 3. The molecule has 0 saturated carbocycles. The first-order valence-electron chi connectivity index (χ1n) is 9.82. The lowest BCUT2D eigenvalue weighted by atomic mass is 10.1. The van der Waals surface area contributed by atoms with Crippen LogP contribution in [-0.4, -0.2) is 22.6 Å². The van der Waals surface area contributed by atoms with Crippen LogP contribution in [-0.2, 0) is 6.18 Å². The first-order valence-corrected chi connectivity index (χ1v) is 9.82. The van der Waals surface area contributed by atoms with Gasteiger partial charge in [0.25, 0.3) is 11.5 Å². The van der Waals surface area contributed by atoms with E-state index in [1.54, 1.807) is 43.3 Å². The van der Waals surface area contributed by atoms with Crippen LogP contribution in [0.1, 0.15) is 21.5 Å². The summed E-state index contributed by atoms with van der Waals surface area (Å²) in [5.74, 6) is -0.192. The number of hydrogen-bond acceptors (Lipinski definition) is 4. The summed E-state index contributed by atoms with van der Waals surface area (Å²) in [7, 11) is 1.50. The number of nitrogens with zero attached hydrogens (tertiary/aromatic N) is 2. The molecule has 33 heavy (non-hydrogen) atoms. The van der Waals surface area contributed by atoms with E-state index in [2.05, 4.69) is 10.3 Å². The Kier molecular flexibility index (Phi) is 5.63. The normalized spacial score (nSPS) is 11.4. The summed E-state index contributed by atoms with van der Waals surface area (Å²) in [6.45, 7) is 1.79. The van der Waals surface area contributed by atoms with Crippen molar-refractivity contribution in [3.8, 4) is 11.4 Å². The van der Waals surface area contributed by atoms with E-state index in [-0.39, 0.29) is 11.1 Å². The number of amides is 1. The van der Waals surface area contributed by atoms with Gasteiger partial charge in [-0.2, -0.15) is 13.2 Å². The number of ether oxygens (including phenoxy) is 1. The fourth-order valence-electron chi connectivity index (χ4n) is 3.39. The van der Waals surface area contributed by atoms with Gasteiger partial charge in [-0.05, 0) is 61.0 Å². The fraction of sp³-hybridized carbons (Fsp3) is 0.125. The van der Waals surface area contributed by atoms with E-state index >= 15 is 0 Å². The molecular weight excluding hydrogens is 435 g/mol. The Morgan fingerprint density at radius 3 is 2.58 bits per heavy atom. The Bertz CT molecular complexity index is 1430. The predicted molar refractivity (Wildman–Crippen MR) is 118 cm³/mol. The number of hydrogen-bond donors (Lipinski definition) is 1. The Morgan fingerprint density at radius 2 is 1.85 bits per heavy atom. The highest BCUT2D eigenvalue weighted by Gasteiger charge is 2.30. The average Bonchev–Trinajstić information content (AvgIpc) is 2.80. The minimum atomic E-state index is -4.56. The molecular formula is C24H18F3N3O3. The van der Waals surface area contributed by atoms with Crippen molar-refractivity contribution in [3.63, 3.8) is 0 Å². The monoisotopic (exact) mass is 453 g/mol. The largest absolute Gasteiger partial charge is 0.497 e. The number of methoxy groups -OCH3 is 1. The van der Waals surface area contributed by atoms with E-state index < -0.39 is 17.6 Å². The zero-order valence-corrected chi connectivity index (χ0v) is 17.6. The van der Waals surface area contributed by atoms with Gasteiger partial charge in [0.1, 0.15) is 12.1 Å². The minimum Gasteiger partial charge on any atom is -0.497 e. The molecule has 6 nitrogen and oxygen atoms in total. The Labute approximate surface area is 186 Å². The third-order valence-electron chi connectivity index (χ3n) is 5.14. The number of fused-ring (bicyclic) bond motifs is 1. The molecule has 0 spiro atoms. The summed E-state index contributed by atoms with van der Waals surface area (Å²) in [5.41, 5.74) is 0.646. The van der Waals surface area contributed by atoms with Crippen LogP contribution in [0.2, 0.25) is 0 Å². The lowest BCUT2D eigenvalue weighted by Crippen LogP contribution is -2.20. The zero-order valence-electron chi connectivity index (χ0n) is 17.6. The Morgan fingerprint density at radius 1 is 1.06 bits per heavy atom. The number of carbonyl (C=O) groups is 1. The topological polar surface area (TPSA) is 73.2 Å². The maximum absolute atomic E-state index is 13.1. The maximum atomic E-state index is 13.1. The lowest BCUT2D eigenvalue weighted by Gasteiger charge is -2.13. The lowest BCUT2D eigenvalue weighted by molar-refractivity contribution is -0.137. The summed E-state index contributed by atoms with van der Waals surface area (Å²) in [6.07, 6.45) is -3.17. The predicted octanol–water partition coefficient (Wildman–Crippen LogP) is 4.97. The Balaban J connectivity index is 1.70. The fourth-order valence-corrected chi connectivity index (χ4v) is 3.39. The van der Waals surface area contributed by atoms with E-state index in [1.807, 2.05) is 0 Å². The van der Waals surface area contributed by atoms with Crippen molar-refractivity contribution in [1.29, 1.82) is 0 Å². The van der Waals surface area contributed by atoms with E-state index in [1.165, 1.54) is 30.1 Å². The van der Waals surface area contributed by atoms with Gasteiger partial charge in [0.2, 0.25) is 0 Å². The molecule has 1 heterocycles. The van der Waals surface area contributed by atoms with E-state index in [0.717, 1.165) is 17.7 Å². The summed E-state index contributed by atoms with van der Waals surface area (Å²) < 4.78 is 45.4. The summed E-state index contributed by atoms with van der Waals surface area (Å²) in [5, 5.41) is 2.94. The van der Waals surface area contributed by atoms with Crippen LogP contribution in [0.5, 0.6) is 5.75 Å². The molecule has 0 fully saturated rings. The highest BCUT2D eigenvalue weighted by atomic mass is 19.4. The molecule has 0 unspecified atom stereocenters. The molecule has 0 aliphatic rings. The highest BCUT2D eigenvalue weighted by molar-refractivity contribution is 6.04. The van der Waals surface area contributed by atoms with Gasteiger partial charge >= 0.3 is 6.18 Å². The molecule has 9 heteroatoms. The molecule has 4 aromatic rings. The summed E-state index contributed by atoms with van der Waals surface area (Å²) in [4.78, 5) is 30.0.